The van der Waals surface area contributed by atoms with Crippen molar-refractivity contribution in [3.63, 3.8) is 0 Å². The van der Waals surface area contributed by atoms with Crippen molar-refractivity contribution < 1.29 is 19.1 Å². The molecule has 2 N–H and O–H groups in total. The number of rotatable bonds is 8. The van der Waals surface area contributed by atoms with Crippen molar-refractivity contribution in [2.24, 2.45) is 0 Å². The number of nitrogens with one attached hydrogen (secondary N) is 2. The number of amides is 3. The Morgan fingerprint density at radius 1 is 1.10 bits per heavy atom. The quantitative estimate of drug-likeness (QED) is 0.659. The number of carbonyl (C=O) groups is 3. The summed E-state index contributed by atoms with van der Waals surface area (Å²) in [5.74, 6) is 0.259. The third-order valence-electron chi connectivity index (χ3n) is 4.57. The predicted molar refractivity (Wildman–Crippen MR) is 116 cm³/mol. The number of ether oxygens (including phenoxy) is 1. The zero-order valence-electron chi connectivity index (χ0n) is 16.9. The largest absolute Gasteiger partial charge is 0.484 e. The van der Waals surface area contributed by atoms with Gasteiger partial charge in [0.25, 0.3) is 5.91 Å². The van der Waals surface area contributed by atoms with Gasteiger partial charge in [-0.3, -0.25) is 14.4 Å². The molecule has 2 aromatic carbocycles. The van der Waals surface area contributed by atoms with Crippen LogP contribution >= 0.6 is 0 Å². The summed E-state index contributed by atoms with van der Waals surface area (Å²) >= 11 is 0. The lowest BCUT2D eigenvalue weighted by molar-refractivity contribution is -0.123. The molecule has 1 saturated heterocycles. The second-order valence-electron chi connectivity index (χ2n) is 6.83. The number of hydrogen-bond acceptors (Lipinski definition) is 4. The van der Waals surface area contributed by atoms with Crippen LogP contribution < -0.4 is 20.3 Å². The number of likely N-dealkylation sites (N-methyl/N-ethyl adjacent to an activating group) is 1. The van der Waals surface area contributed by atoms with E-state index in [1.807, 2.05) is 31.2 Å². The highest BCUT2D eigenvalue weighted by atomic mass is 16.5. The normalized spacial score (nSPS) is 13.5. The molecule has 0 aliphatic carbocycles. The van der Waals surface area contributed by atoms with Crippen LogP contribution in [0.15, 0.2) is 54.6 Å². The number of nitrogens with zero attached hydrogens (tertiary/aromatic N) is 1. The minimum atomic E-state index is -0.259. The van der Waals surface area contributed by atoms with Gasteiger partial charge in [0.2, 0.25) is 11.8 Å². The topological polar surface area (TPSA) is 87.7 Å². The molecule has 1 aliphatic rings. The molecule has 0 atom stereocenters. The zero-order chi connectivity index (χ0) is 21.3. The molecule has 156 valence electrons. The summed E-state index contributed by atoms with van der Waals surface area (Å²) in [5, 5.41) is 5.43. The number of anilines is 2. The molecule has 0 saturated carbocycles. The molecule has 3 amide bonds. The maximum absolute atomic E-state index is 12.1. The molecule has 7 heteroatoms. The van der Waals surface area contributed by atoms with E-state index in [4.69, 9.17) is 4.74 Å². The number of hydrogen-bond donors (Lipinski definition) is 2. The first-order chi connectivity index (χ1) is 14.5. The number of benzene rings is 2. The van der Waals surface area contributed by atoms with Gasteiger partial charge in [-0.1, -0.05) is 12.1 Å². The van der Waals surface area contributed by atoms with Crippen LogP contribution in [0.3, 0.4) is 0 Å². The SMILES string of the molecule is CCNC(=O)COc1ccc(NC(=O)/C=C/c2ccc(N3CCCC3=O)cc2)cc1. The lowest BCUT2D eigenvalue weighted by Crippen LogP contribution is -2.28. The monoisotopic (exact) mass is 407 g/mol. The summed E-state index contributed by atoms with van der Waals surface area (Å²) in [6.07, 6.45) is 4.66. The van der Waals surface area contributed by atoms with Gasteiger partial charge < -0.3 is 20.3 Å². The molecule has 7 nitrogen and oxygen atoms in total. The maximum atomic E-state index is 12.1. The van der Waals surface area contributed by atoms with Crippen molar-refractivity contribution >= 4 is 35.2 Å². The Hall–Kier alpha value is -3.61. The molecule has 30 heavy (non-hydrogen) atoms. The van der Waals surface area contributed by atoms with Gasteiger partial charge in [-0.2, -0.15) is 0 Å². The van der Waals surface area contributed by atoms with E-state index in [0.717, 1.165) is 24.2 Å². The van der Waals surface area contributed by atoms with Crippen molar-refractivity contribution in [2.75, 3.05) is 29.9 Å². The molecule has 2 aromatic rings. The average molecular weight is 407 g/mol. The Morgan fingerprint density at radius 2 is 1.83 bits per heavy atom. The van der Waals surface area contributed by atoms with Crippen molar-refractivity contribution in [2.45, 2.75) is 19.8 Å². The molecular weight excluding hydrogens is 382 g/mol. The third-order valence-corrected chi connectivity index (χ3v) is 4.57. The van der Waals surface area contributed by atoms with Crippen LogP contribution in [0.25, 0.3) is 6.08 Å². The first-order valence-electron chi connectivity index (χ1n) is 9.94. The molecule has 0 unspecified atom stereocenters. The van der Waals surface area contributed by atoms with Crippen molar-refractivity contribution in [3.8, 4) is 5.75 Å². The van der Waals surface area contributed by atoms with Gasteiger partial charge in [0.15, 0.2) is 6.61 Å². The average Bonchev–Trinajstić information content (AvgIpc) is 3.18. The molecular formula is C23H25N3O4. The first-order valence-corrected chi connectivity index (χ1v) is 9.94. The van der Waals surface area contributed by atoms with Crippen molar-refractivity contribution in [1.29, 1.82) is 0 Å². The summed E-state index contributed by atoms with van der Waals surface area (Å²) in [6, 6.07) is 14.3. The predicted octanol–water partition coefficient (Wildman–Crippen LogP) is 2.98. The summed E-state index contributed by atoms with van der Waals surface area (Å²) in [5.41, 5.74) is 2.38. The minimum Gasteiger partial charge on any atom is -0.484 e. The fourth-order valence-electron chi connectivity index (χ4n) is 3.07. The Kier molecular flexibility index (Phi) is 7.21. The third kappa shape index (κ3) is 5.94. The lowest BCUT2D eigenvalue weighted by Gasteiger charge is -2.15. The molecule has 0 bridgehead atoms. The number of carbonyl (C=O) groups excluding carboxylic acids is 3. The van der Waals surface area contributed by atoms with Crippen LogP contribution in [0.4, 0.5) is 11.4 Å². The van der Waals surface area contributed by atoms with Crippen LogP contribution in [0.1, 0.15) is 25.3 Å². The second kappa shape index (κ2) is 10.2. The molecule has 0 spiro atoms. The highest BCUT2D eigenvalue weighted by molar-refractivity contribution is 6.02. The summed E-state index contributed by atoms with van der Waals surface area (Å²) in [4.78, 5) is 37.1. The molecule has 1 heterocycles. The van der Waals surface area contributed by atoms with E-state index in [2.05, 4.69) is 10.6 Å². The summed E-state index contributed by atoms with van der Waals surface area (Å²) in [6.45, 7) is 3.11. The Bertz CT molecular complexity index is 920. The van der Waals surface area contributed by atoms with E-state index in [-0.39, 0.29) is 24.3 Å². The van der Waals surface area contributed by atoms with E-state index in [1.54, 1.807) is 35.2 Å². The van der Waals surface area contributed by atoms with Crippen LogP contribution in [-0.4, -0.2) is 37.4 Å². The first kappa shape index (κ1) is 21.1. The summed E-state index contributed by atoms with van der Waals surface area (Å²) in [7, 11) is 0. The molecule has 0 radical (unpaired) electrons. The van der Waals surface area contributed by atoms with Crippen LogP contribution in [0.5, 0.6) is 5.75 Å². The fraction of sp³-hybridized carbons (Fsp3) is 0.261. The highest BCUT2D eigenvalue weighted by Gasteiger charge is 2.21. The van der Waals surface area contributed by atoms with Gasteiger partial charge in [0, 0.05) is 37.0 Å². The van der Waals surface area contributed by atoms with E-state index in [9.17, 15) is 14.4 Å². The standard InChI is InChI=1S/C23H25N3O4/c1-2-24-22(28)16-30-20-12-8-18(9-13-20)25-21(27)14-7-17-5-10-19(11-6-17)26-15-3-4-23(26)29/h5-14H,2-4,15-16H2,1H3,(H,24,28)(H,25,27)/b14-7+. The van der Waals surface area contributed by atoms with Gasteiger partial charge in [-0.15, -0.1) is 0 Å². The highest BCUT2D eigenvalue weighted by Crippen LogP contribution is 2.22. The minimum absolute atomic E-state index is 0.0486. The van der Waals surface area contributed by atoms with Gasteiger partial charge in [-0.05, 0) is 61.4 Å². The molecule has 1 fully saturated rings. The van der Waals surface area contributed by atoms with Gasteiger partial charge in [0.1, 0.15) is 5.75 Å². The van der Waals surface area contributed by atoms with E-state index >= 15 is 0 Å². The van der Waals surface area contributed by atoms with Crippen molar-refractivity contribution in [1.82, 2.24) is 5.32 Å². The lowest BCUT2D eigenvalue weighted by atomic mass is 10.2. The molecule has 3 rings (SSSR count). The van der Waals surface area contributed by atoms with Crippen LogP contribution in [0, 0.1) is 0 Å². The van der Waals surface area contributed by atoms with Crippen LogP contribution in [0.2, 0.25) is 0 Å². The second-order valence-corrected chi connectivity index (χ2v) is 6.83. The van der Waals surface area contributed by atoms with Gasteiger partial charge in [0.05, 0.1) is 0 Å². The Labute approximate surface area is 175 Å². The maximum Gasteiger partial charge on any atom is 0.257 e. The molecule has 0 aromatic heterocycles. The van der Waals surface area contributed by atoms with E-state index < -0.39 is 0 Å². The Morgan fingerprint density at radius 3 is 2.47 bits per heavy atom. The summed E-state index contributed by atoms with van der Waals surface area (Å²) < 4.78 is 5.38. The van der Waals surface area contributed by atoms with Gasteiger partial charge in [-0.25, -0.2) is 0 Å². The van der Waals surface area contributed by atoms with Gasteiger partial charge >= 0.3 is 0 Å². The fourth-order valence-corrected chi connectivity index (χ4v) is 3.07. The zero-order valence-corrected chi connectivity index (χ0v) is 16.9. The van der Waals surface area contributed by atoms with Crippen molar-refractivity contribution in [3.05, 3.63) is 60.2 Å². The Balaban J connectivity index is 1.49. The van der Waals surface area contributed by atoms with E-state index in [1.165, 1.54) is 6.08 Å². The molecule has 1 aliphatic heterocycles. The van der Waals surface area contributed by atoms with Crippen LogP contribution in [-0.2, 0) is 14.4 Å². The van der Waals surface area contributed by atoms with E-state index in [0.29, 0.717) is 24.4 Å². The smallest absolute Gasteiger partial charge is 0.257 e.